The van der Waals surface area contributed by atoms with E-state index in [1.807, 2.05) is 7.62 Å². The Labute approximate surface area is 135 Å². The van der Waals surface area contributed by atoms with Crippen molar-refractivity contribution in [1.29, 1.82) is 0 Å². The van der Waals surface area contributed by atoms with Gasteiger partial charge < -0.3 is 14.4 Å². The molecule has 4 nitrogen and oxygen atoms in total. The van der Waals surface area contributed by atoms with E-state index in [0.717, 1.165) is 13.1 Å². The smallest absolute Gasteiger partial charge is 0.399 e. The maximum atomic E-state index is 5.23. The molecule has 2 heterocycles. The van der Waals surface area contributed by atoms with E-state index in [4.69, 9.17) is 4.65 Å². The SMILES string of the molecule is CO[B]N1CCCC1c1cccc(CN2CCN(C)CC2)c1. The van der Waals surface area contributed by atoms with Crippen molar-refractivity contribution in [3.05, 3.63) is 35.4 Å². The van der Waals surface area contributed by atoms with Gasteiger partial charge in [-0.1, -0.05) is 24.3 Å². The van der Waals surface area contributed by atoms with Crippen molar-refractivity contribution in [2.45, 2.75) is 25.4 Å². The summed E-state index contributed by atoms with van der Waals surface area (Å²) in [7, 11) is 5.82. The second kappa shape index (κ2) is 7.60. The van der Waals surface area contributed by atoms with Crippen LogP contribution < -0.4 is 0 Å². The minimum atomic E-state index is 0.479. The van der Waals surface area contributed by atoms with Gasteiger partial charge in [0, 0.05) is 45.9 Å². The molecule has 119 valence electrons. The molecule has 0 spiro atoms. The first-order valence-corrected chi connectivity index (χ1v) is 8.38. The lowest BCUT2D eigenvalue weighted by atomic mass is 9.99. The number of benzene rings is 1. The fourth-order valence-corrected chi connectivity index (χ4v) is 3.57. The van der Waals surface area contributed by atoms with Crippen LogP contribution in [0.5, 0.6) is 0 Å². The molecule has 0 aliphatic carbocycles. The van der Waals surface area contributed by atoms with Gasteiger partial charge >= 0.3 is 7.62 Å². The molecule has 0 N–H and O–H groups in total. The molecule has 22 heavy (non-hydrogen) atoms. The van der Waals surface area contributed by atoms with Gasteiger partial charge in [0.25, 0.3) is 0 Å². The molecular formula is C17H27BN3O. The van der Waals surface area contributed by atoms with Crippen LogP contribution in [0.1, 0.15) is 30.0 Å². The van der Waals surface area contributed by atoms with Crippen molar-refractivity contribution in [3.8, 4) is 0 Å². The molecule has 1 aromatic carbocycles. The molecular weight excluding hydrogens is 273 g/mol. The topological polar surface area (TPSA) is 19.0 Å². The molecule has 3 rings (SSSR count). The van der Waals surface area contributed by atoms with Gasteiger partial charge in [-0.05, 0) is 37.6 Å². The van der Waals surface area contributed by atoms with E-state index in [1.165, 1.54) is 50.1 Å². The van der Waals surface area contributed by atoms with Crippen LogP contribution in [0.3, 0.4) is 0 Å². The van der Waals surface area contributed by atoms with Gasteiger partial charge in [0.15, 0.2) is 0 Å². The van der Waals surface area contributed by atoms with Gasteiger partial charge in [-0.15, -0.1) is 0 Å². The third kappa shape index (κ3) is 3.90. The molecule has 1 radical (unpaired) electrons. The van der Waals surface area contributed by atoms with E-state index < -0.39 is 0 Å². The van der Waals surface area contributed by atoms with E-state index in [0.29, 0.717) is 6.04 Å². The average Bonchev–Trinajstić information content (AvgIpc) is 2.99. The molecule has 1 unspecified atom stereocenters. The molecule has 0 amide bonds. The highest BCUT2D eigenvalue weighted by Crippen LogP contribution is 2.31. The maximum absolute atomic E-state index is 5.23. The summed E-state index contributed by atoms with van der Waals surface area (Å²) in [5, 5.41) is 0. The van der Waals surface area contributed by atoms with Crippen LogP contribution in [0.15, 0.2) is 24.3 Å². The molecule has 1 aromatic rings. The highest BCUT2D eigenvalue weighted by atomic mass is 16.4. The molecule has 0 saturated carbocycles. The van der Waals surface area contributed by atoms with Gasteiger partial charge in [0.05, 0.1) is 0 Å². The third-order valence-electron chi connectivity index (χ3n) is 4.87. The van der Waals surface area contributed by atoms with Gasteiger partial charge in [0.1, 0.15) is 0 Å². The number of likely N-dealkylation sites (N-methyl/N-ethyl adjacent to an activating group) is 1. The summed E-state index contributed by atoms with van der Waals surface area (Å²) in [6, 6.07) is 9.61. The van der Waals surface area contributed by atoms with Crippen molar-refractivity contribution in [2.24, 2.45) is 0 Å². The Kier molecular flexibility index (Phi) is 5.53. The van der Waals surface area contributed by atoms with Crippen LogP contribution in [0.25, 0.3) is 0 Å². The van der Waals surface area contributed by atoms with E-state index in [9.17, 15) is 0 Å². The van der Waals surface area contributed by atoms with Gasteiger partial charge in [-0.3, -0.25) is 4.90 Å². The second-order valence-corrected chi connectivity index (χ2v) is 6.56. The fourth-order valence-electron chi connectivity index (χ4n) is 3.57. The second-order valence-electron chi connectivity index (χ2n) is 6.56. The Morgan fingerprint density at radius 3 is 2.77 bits per heavy atom. The zero-order chi connectivity index (χ0) is 15.4. The van der Waals surface area contributed by atoms with Crippen LogP contribution in [0.4, 0.5) is 0 Å². The number of rotatable bonds is 5. The minimum absolute atomic E-state index is 0.479. The zero-order valence-corrected chi connectivity index (χ0v) is 13.9. The number of piperazine rings is 1. The molecule has 0 aromatic heterocycles. The first-order valence-electron chi connectivity index (χ1n) is 8.38. The van der Waals surface area contributed by atoms with E-state index in [1.54, 1.807) is 7.11 Å². The average molecular weight is 300 g/mol. The quantitative estimate of drug-likeness (QED) is 0.771. The number of hydrogen-bond acceptors (Lipinski definition) is 4. The lowest BCUT2D eigenvalue weighted by Gasteiger charge is -2.32. The fraction of sp³-hybridized carbons (Fsp3) is 0.647. The van der Waals surface area contributed by atoms with Crippen molar-refractivity contribution < 1.29 is 4.65 Å². The zero-order valence-electron chi connectivity index (χ0n) is 13.9. The Balaban J connectivity index is 1.64. The van der Waals surface area contributed by atoms with Crippen molar-refractivity contribution in [1.82, 2.24) is 14.6 Å². The summed E-state index contributed by atoms with van der Waals surface area (Å²) >= 11 is 0. The molecule has 1 atom stereocenters. The highest BCUT2D eigenvalue weighted by molar-refractivity contribution is 6.23. The van der Waals surface area contributed by atoms with Gasteiger partial charge in [0.2, 0.25) is 0 Å². The Bertz CT molecular complexity index is 477. The van der Waals surface area contributed by atoms with Crippen LogP contribution in [-0.2, 0) is 11.2 Å². The summed E-state index contributed by atoms with van der Waals surface area (Å²) in [5.74, 6) is 0. The van der Waals surface area contributed by atoms with E-state index in [-0.39, 0.29) is 0 Å². The number of nitrogens with zero attached hydrogens (tertiary/aromatic N) is 3. The molecule has 2 aliphatic heterocycles. The Morgan fingerprint density at radius 1 is 1.18 bits per heavy atom. The van der Waals surface area contributed by atoms with Crippen LogP contribution in [0, 0.1) is 0 Å². The normalized spacial score (nSPS) is 24.7. The van der Waals surface area contributed by atoms with Crippen LogP contribution in [0.2, 0.25) is 0 Å². The van der Waals surface area contributed by atoms with E-state index >= 15 is 0 Å². The van der Waals surface area contributed by atoms with Crippen molar-refractivity contribution in [2.75, 3.05) is 46.9 Å². The first kappa shape index (κ1) is 16.0. The summed E-state index contributed by atoms with van der Waals surface area (Å²) in [6.07, 6.45) is 2.46. The summed E-state index contributed by atoms with van der Waals surface area (Å²) in [4.78, 5) is 7.30. The predicted octanol–water partition coefficient (Wildman–Crippen LogP) is 1.75. The van der Waals surface area contributed by atoms with E-state index in [2.05, 4.69) is 45.9 Å². The maximum Gasteiger partial charge on any atom is 0.399 e. The van der Waals surface area contributed by atoms with Gasteiger partial charge in [-0.25, -0.2) is 0 Å². The molecule has 2 saturated heterocycles. The van der Waals surface area contributed by atoms with Crippen LogP contribution >= 0.6 is 0 Å². The van der Waals surface area contributed by atoms with Crippen molar-refractivity contribution >= 4 is 7.62 Å². The first-order chi connectivity index (χ1) is 10.8. The summed E-state index contributed by atoms with van der Waals surface area (Å²) in [5.41, 5.74) is 2.86. The molecule has 2 fully saturated rings. The highest BCUT2D eigenvalue weighted by Gasteiger charge is 2.26. The van der Waals surface area contributed by atoms with Gasteiger partial charge in [-0.2, -0.15) is 0 Å². The summed E-state index contributed by atoms with van der Waals surface area (Å²) < 4.78 is 5.23. The Morgan fingerprint density at radius 2 is 2.00 bits per heavy atom. The van der Waals surface area contributed by atoms with Crippen molar-refractivity contribution in [3.63, 3.8) is 0 Å². The Hall–Kier alpha value is -0.875. The third-order valence-corrected chi connectivity index (χ3v) is 4.87. The lowest BCUT2D eigenvalue weighted by Crippen LogP contribution is -2.43. The minimum Gasteiger partial charge on any atom is -0.427 e. The van der Waals surface area contributed by atoms with Crippen LogP contribution in [-0.4, -0.2) is 69.1 Å². The lowest BCUT2D eigenvalue weighted by molar-refractivity contribution is 0.148. The summed E-state index contributed by atoms with van der Waals surface area (Å²) in [6.45, 7) is 6.88. The number of hydrogen-bond donors (Lipinski definition) is 0. The molecule has 0 bridgehead atoms. The standard InChI is InChI=1S/C17H27BN3O/c1-19-9-11-20(12-10-19)14-15-5-3-6-16(13-15)17-7-4-8-21(17)18-22-2/h3,5-6,13,17H,4,7-12,14H2,1-2H3. The largest absolute Gasteiger partial charge is 0.427 e. The molecule has 2 aliphatic rings. The molecule has 5 heteroatoms. The predicted molar refractivity (Wildman–Crippen MR) is 90.7 cm³/mol. The monoisotopic (exact) mass is 300 g/mol.